The Bertz CT molecular complexity index is 626. The van der Waals surface area contributed by atoms with Crippen molar-refractivity contribution in [2.45, 2.75) is 45.2 Å². The minimum absolute atomic E-state index is 0.0702. The van der Waals surface area contributed by atoms with Crippen LogP contribution < -0.4 is 4.18 Å². The molecule has 128 valence electrons. The smallest absolute Gasteiger partial charge is 0.308 e. The minimum atomic E-state index is -3.51. The molecule has 1 amide bonds. The van der Waals surface area contributed by atoms with Crippen molar-refractivity contribution in [3.8, 4) is 5.75 Å². The average molecular weight is 360 g/mol. The summed E-state index contributed by atoms with van der Waals surface area (Å²) in [5.41, 5.74) is 0.956. The van der Waals surface area contributed by atoms with Gasteiger partial charge in [-0.05, 0) is 43.9 Å². The van der Waals surface area contributed by atoms with E-state index in [1.807, 2.05) is 4.90 Å². The van der Waals surface area contributed by atoms with Crippen LogP contribution in [-0.4, -0.2) is 36.9 Å². The molecule has 0 radical (unpaired) electrons. The van der Waals surface area contributed by atoms with E-state index >= 15 is 0 Å². The van der Waals surface area contributed by atoms with Gasteiger partial charge in [0.25, 0.3) is 0 Å². The van der Waals surface area contributed by atoms with Gasteiger partial charge in [-0.1, -0.05) is 12.1 Å². The van der Waals surface area contributed by atoms with E-state index in [0.717, 1.165) is 18.4 Å². The van der Waals surface area contributed by atoms with Gasteiger partial charge in [-0.25, -0.2) is 0 Å². The number of alkyl halides is 1. The monoisotopic (exact) mass is 359 g/mol. The van der Waals surface area contributed by atoms with Crippen molar-refractivity contribution in [1.82, 2.24) is 4.90 Å². The van der Waals surface area contributed by atoms with Crippen LogP contribution in [0.2, 0.25) is 0 Å². The van der Waals surface area contributed by atoms with Crippen molar-refractivity contribution in [3.05, 3.63) is 29.8 Å². The van der Waals surface area contributed by atoms with Crippen LogP contribution in [0, 0.1) is 0 Å². The molecule has 0 spiro atoms. The van der Waals surface area contributed by atoms with Gasteiger partial charge in [-0.3, -0.25) is 4.79 Å². The Morgan fingerprint density at radius 2 is 1.96 bits per heavy atom. The molecule has 2 rings (SSSR count). The van der Waals surface area contributed by atoms with Gasteiger partial charge in [0, 0.05) is 24.9 Å². The molecular formula is C16H22ClNO4S. The molecule has 0 N–H and O–H groups in total. The van der Waals surface area contributed by atoms with E-state index in [1.165, 1.54) is 6.92 Å². The first-order valence-corrected chi connectivity index (χ1v) is 9.93. The maximum Gasteiger partial charge on any atom is 0.308 e. The number of rotatable bonds is 9. The molecular weight excluding hydrogens is 338 g/mol. The average Bonchev–Trinajstić information content (AvgIpc) is 3.36. The summed E-state index contributed by atoms with van der Waals surface area (Å²) < 4.78 is 27.8. The van der Waals surface area contributed by atoms with Crippen molar-refractivity contribution in [3.63, 3.8) is 0 Å². The van der Waals surface area contributed by atoms with E-state index < -0.39 is 10.1 Å². The highest BCUT2D eigenvalue weighted by Gasteiger charge is 2.32. The molecule has 5 nitrogen and oxygen atoms in total. The van der Waals surface area contributed by atoms with Crippen LogP contribution in [0.5, 0.6) is 5.75 Å². The van der Waals surface area contributed by atoms with Gasteiger partial charge in [0.05, 0.1) is 5.75 Å². The molecule has 0 aliphatic heterocycles. The first-order valence-electron chi connectivity index (χ1n) is 7.81. The first-order chi connectivity index (χ1) is 10.9. The number of nitrogens with zero attached hydrogens (tertiary/aromatic N) is 1. The molecule has 1 aromatic carbocycles. The van der Waals surface area contributed by atoms with Gasteiger partial charge in [0.1, 0.15) is 5.75 Å². The van der Waals surface area contributed by atoms with Crippen LogP contribution >= 0.6 is 11.6 Å². The van der Waals surface area contributed by atoms with Crippen LogP contribution in [-0.2, 0) is 21.5 Å². The molecule has 23 heavy (non-hydrogen) atoms. The summed E-state index contributed by atoms with van der Waals surface area (Å²) in [7, 11) is -3.51. The molecule has 1 fully saturated rings. The Balaban J connectivity index is 1.99. The Kier molecular flexibility index (Phi) is 6.30. The number of benzene rings is 1. The van der Waals surface area contributed by atoms with Gasteiger partial charge in [0.15, 0.2) is 0 Å². The van der Waals surface area contributed by atoms with Crippen LogP contribution in [0.4, 0.5) is 0 Å². The fraction of sp³-hybridized carbons (Fsp3) is 0.562. The summed E-state index contributed by atoms with van der Waals surface area (Å²) >= 11 is 5.65. The third-order valence-corrected chi connectivity index (χ3v) is 5.11. The lowest BCUT2D eigenvalue weighted by Crippen LogP contribution is -2.32. The standard InChI is InChI=1S/C16H22ClNO4S/c1-2-23(20,21)22-15-9-5-13(6-10-15)12-18(14-7-8-14)16(19)4-3-11-17/h5-6,9-10,14H,2-4,7-8,11-12H2,1H3. The number of halogens is 1. The SMILES string of the molecule is CCS(=O)(=O)Oc1ccc(CN(C(=O)CCCCl)C2CC2)cc1. The van der Waals surface area contributed by atoms with Gasteiger partial charge in [0.2, 0.25) is 5.91 Å². The Labute approximate surface area is 142 Å². The molecule has 1 aliphatic carbocycles. The van der Waals surface area contributed by atoms with Gasteiger partial charge in [-0.15, -0.1) is 11.6 Å². The molecule has 7 heteroatoms. The fourth-order valence-electron chi connectivity index (χ4n) is 2.22. The maximum atomic E-state index is 12.2. The summed E-state index contributed by atoms with van der Waals surface area (Å²) in [5, 5.41) is 0. The maximum absolute atomic E-state index is 12.2. The second-order valence-electron chi connectivity index (χ2n) is 5.62. The van der Waals surface area contributed by atoms with Crippen molar-refractivity contribution < 1.29 is 17.4 Å². The number of carbonyl (C=O) groups is 1. The molecule has 1 saturated carbocycles. The Morgan fingerprint density at radius 1 is 1.30 bits per heavy atom. The molecule has 0 unspecified atom stereocenters. The zero-order chi connectivity index (χ0) is 16.9. The summed E-state index contributed by atoms with van der Waals surface area (Å²) in [4.78, 5) is 14.1. The molecule has 0 heterocycles. The molecule has 0 atom stereocenters. The van der Waals surface area contributed by atoms with Crippen LogP contribution in [0.3, 0.4) is 0 Å². The Morgan fingerprint density at radius 3 is 2.48 bits per heavy atom. The highest BCUT2D eigenvalue weighted by atomic mass is 35.5. The Hall–Kier alpha value is -1.27. The van der Waals surface area contributed by atoms with Gasteiger partial charge >= 0.3 is 10.1 Å². The lowest BCUT2D eigenvalue weighted by Gasteiger charge is -2.22. The van der Waals surface area contributed by atoms with Crippen molar-refractivity contribution >= 4 is 27.6 Å². The molecule has 1 aromatic rings. The number of hydrogen-bond acceptors (Lipinski definition) is 4. The predicted molar refractivity (Wildman–Crippen MR) is 90.1 cm³/mol. The largest absolute Gasteiger partial charge is 0.382 e. The summed E-state index contributed by atoms with van der Waals surface area (Å²) in [5.74, 6) is 0.839. The summed E-state index contributed by atoms with van der Waals surface area (Å²) in [6, 6.07) is 7.16. The quantitative estimate of drug-likeness (QED) is 0.502. The lowest BCUT2D eigenvalue weighted by molar-refractivity contribution is -0.132. The third kappa shape index (κ3) is 5.70. The fourth-order valence-corrected chi connectivity index (χ4v) is 2.88. The highest BCUT2D eigenvalue weighted by Crippen LogP contribution is 2.29. The van der Waals surface area contributed by atoms with E-state index in [1.54, 1.807) is 24.3 Å². The van der Waals surface area contributed by atoms with E-state index in [2.05, 4.69) is 0 Å². The lowest BCUT2D eigenvalue weighted by atomic mass is 10.2. The predicted octanol–water partition coefficient (Wildman–Crippen LogP) is 2.93. The molecule has 1 aliphatic rings. The topological polar surface area (TPSA) is 63.7 Å². The van der Waals surface area contributed by atoms with Gasteiger partial charge in [-0.2, -0.15) is 8.42 Å². The second-order valence-corrected chi connectivity index (χ2v) is 7.86. The minimum Gasteiger partial charge on any atom is -0.382 e. The van der Waals surface area contributed by atoms with Crippen molar-refractivity contribution in [2.24, 2.45) is 0 Å². The second kappa shape index (κ2) is 8.02. The molecule has 0 aromatic heterocycles. The molecule has 0 bridgehead atoms. The highest BCUT2D eigenvalue weighted by molar-refractivity contribution is 7.87. The number of amides is 1. The van der Waals surface area contributed by atoms with E-state index in [-0.39, 0.29) is 11.7 Å². The van der Waals surface area contributed by atoms with E-state index in [4.69, 9.17) is 15.8 Å². The van der Waals surface area contributed by atoms with Crippen LogP contribution in [0.15, 0.2) is 24.3 Å². The number of hydrogen-bond donors (Lipinski definition) is 0. The molecule has 0 saturated heterocycles. The summed E-state index contributed by atoms with van der Waals surface area (Å²) in [6.45, 7) is 2.07. The number of carbonyl (C=O) groups excluding carboxylic acids is 1. The zero-order valence-electron chi connectivity index (χ0n) is 13.2. The van der Waals surface area contributed by atoms with Crippen molar-refractivity contribution in [1.29, 1.82) is 0 Å². The first kappa shape index (κ1) is 18.1. The zero-order valence-corrected chi connectivity index (χ0v) is 14.8. The van der Waals surface area contributed by atoms with Gasteiger partial charge < -0.3 is 9.08 Å². The van der Waals surface area contributed by atoms with Crippen molar-refractivity contribution in [2.75, 3.05) is 11.6 Å². The summed E-state index contributed by atoms with van der Waals surface area (Å²) in [6.07, 6.45) is 3.24. The van der Waals surface area contributed by atoms with Crippen LogP contribution in [0.25, 0.3) is 0 Å². The van der Waals surface area contributed by atoms with E-state index in [9.17, 15) is 13.2 Å². The third-order valence-electron chi connectivity index (χ3n) is 3.69. The normalized spacial score (nSPS) is 14.5. The van der Waals surface area contributed by atoms with Crippen LogP contribution in [0.1, 0.15) is 38.2 Å². The van der Waals surface area contributed by atoms with E-state index in [0.29, 0.717) is 37.1 Å².